The molecule has 19 heavy (non-hydrogen) atoms. The molecule has 1 aromatic heterocycles. The van der Waals surface area contributed by atoms with Gasteiger partial charge in [-0.3, -0.25) is 4.79 Å². The Morgan fingerprint density at radius 1 is 1.37 bits per heavy atom. The highest BCUT2D eigenvalue weighted by molar-refractivity contribution is 7.18. The lowest BCUT2D eigenvalue weighted by molar-refractivity contribution is 0.0968. The van der Waals surface area contributed by atoms with Crippen LogP contribution in [0.15, 0.2) is 0 Å². The fourth-order valence-electron chi connectivity index (χ4n) is 2.00. The molecule has 0 aromatic carbocycles. The Hall–Kier alpha value is -1.23. The highest BCUT2D eigenvalue weighted by Gasteiger charge is 2.33. The van der Waals surface area contributed by atoms with Gasteiger partial charge in [-0.25, -0.2) is 0 Å². The highest BCUT2D eigenvalue weighted by Crippen LogP contribution is 2.51. The van der Waals surface area contributed by atoms with Crippen molar-refractivity contribution in [2.75, 3.05) is 18.1 Å². The summed E-state index contributed by atoms with van der Waals surface area (Å²) < 4.78 is 0. The van der Waals surface area contributed by atoms with E-state index in [4.69, 9.17) is 5.73 Å². The maximum Gasteiger partial charge on any atom is 0.263 e. The first kappa shape index (κ1) is 14.2. The number of thiophene rings is 1. The average molecular weight is 281 g/mol. The van der Waals surface area contributed by atoms with Gasteiger partial charge < -0.3 is 16.4 Å². The molecule has 1 fully saturated rings. The minimum atomic E-state index is -0.0883. The molecular weight excluding hydrogens is 258 g/mol. The van der Waals surface area contributed by atoms with E-state index in [2.05, 4.69) is 31.4 Å². The van der Waals surface area contributed by atoms with Gasteiger partial charge in [0.05, 0.1) is 10.7 Å². The molecule has 0 spiro atoms. The van der Waals surface area contributed by atoms with Gasteiger partial charge in [-0.1, -0.05) is 13.8 Å². The van der Waals surface area contributed by atoms with Crippen molar-refractivity contribution in [3.63, 3.8) is 0 Å². The van der Waals surface area contributed by atoms with Crippen LogP contribution in [0, 0.1) is 5.92 Å². The Morgan fingerprint density at radius 3 is 2.47 bits per heavy atom. The molecule has 1 unspecified atom stereocenters. The summed E-state index contributed by atoms with van der Waals surface area (Å²) in [5.74, 6) is 0.991. The van der Waals surface area contributed by atoms with Gasteiger partial charge in [0.1, 0.15) is 4.88 Å². The van der Waals surface area contributed by atoms with Crippen LogP contribution in [0.3, 0.4) is 0 Å². The maximum absolute atomic E-state index is 11.9. The van der Waals surface area contributed by atoms with Crippen LogP contribution in [-0.4, -0.2) is 19.0 Å². The number of hydrogen-bond acceptors (Lipinski definition) is 4. The standard InChI is InChI=1S/C14H23N3OS/c1-7(2)8(3)17-14-10(9-5-6-9)11(15)12(19-14)13(18)16-4/h7-9,17H,5-6,15H2,1-4H3,(H,16,18). The number of carbonyl (C=O) groups is 1. The summed E-state index contributed by atoms with van der Waals surface area (Å²) in [4.78, 5) is 12.5. The first-order valence-corrected chi connectivity index (χ1v) is 7.68. The molecule has 1 aliphatic rings. The third-order valence-electron chi connectivity index (χ3n) is 3.76. The molecule has 1 saturated carbocycles. The summed E-state index contributed by atoms with van der Waals surface area (Å²) in [5, 5.41) is 7.27. The number of carbonyl (C=O) groups excluding carboxylic acids is 1. The lowest BCUT2D eigenvalue weighted by Gasteiger charge is -2.18. The molecule has 0 saturated heterocycles. The van der Waals surface area contributed by atoms with Crippen molar-refractivity contribution >= 4 is 27.9 Å². The van der Waals surface area contributed by atoms with Crippen LogP contribution in [0.4, 0.5) is 10.7 Å². The van der Waals surface area contributed by atoms with Crippen molar-refractivity contribution in [1.82, 2.24) is 5.32 Å². The number of nitrogens with two attached hydrogens (primary N) is 1. The molecule has 0 radical (unpaired) electrons. The van der Waals surface area contributed by atoms with Crippen LogP contribution in [0.25, 0.3) is 0 Å². The monoisotopic (exact) mass is 281 g/mol. The normalized spacial score (nSPS) is 16.5. The van der Waals surface area contributed by atoms with E-state index < -0.39 is 0 Å². The molecule has 5 heteroatoms. The third kappa shape index (κ3) is 2.86. The molecule has 1 aromatic rings. The van der Waals surface area contributed by atoms with Gasteiger partial charge in [0.25, 0.3) is 5.91 Å². The van der Waals surface area contributed by atoms with Crippen molar-refractivity contribution in [3.8, 4) is 0 Å². The predicted octanol–water partition coefficient (Wildman–Crippen LogP) is 3.02. The minimum Gasteiger partial charge on any atom is -0.397 e. The summed E-state index contributed by atoms with van der Waals surface area (Å²) in [6.07, 6.45) is 2.36. The summed E-state index contributed by atoms with van der Waals surface area (Å²) in [6.45, 7) is 6.53. The first-order chi connectivity index (χ1) is 8.95. The summed E-state index contributed by atoms with van der Waals surface area (Å²) in [7, 11) is 1.64. The van der Waals surface area contributed by atoms with E-state index in [9.17, 15) is 4.79 Å². The molecular formula is C14H23N3OS. The lowest BCUT2D eigenvalue weighted by atomic mass is 10.1. The zero-order valence-electron chi connectivity index (χ0n) is 12.0. The molecule has 2 rings (SSSR count). The van der Waals surface area contributed by atoms with Crippen LogP contribution < -0.4 is 16.4 Å². The quantitative estimate of drug-likeness (QED) is 0.777. The Morgan fingerprint density at radius 2 is 2.00 bits per heavy atom. The second-order valence-corrected chi connectivity index (χ2v) is 6.64. The topological polar surface area (TPSA) is 67.2 Å². The molecule has 1 aliphatic carbocycles. The molecule has 0 bridgehead atoms. The van der Waals surface area contributed by atoms with Gasteiger partial charge in [-0.15, -0.1) is 11.3 Å². The SMILES string of the molecule is CNC(=O)c1sc(NC(C)C(C)C)c(C2CC2)c1N. The van der Waals surface area contributed by atoms with Crippen LogP contribution in [0.1, 0.15) is 54.8 Å². The zero-order chi connectivity index (χ0) is 14.2. The summed E-state index contributed by atoms with van der Waals surface area (Å²) in [5.41, 5.74) is 8.02. The van der Waals surface area contributed by atoms with E-state index in [1.165, 1.54) is 24.2 Å². The second kappa shape index (κ2) is 5.41. The molecule has 106 valence electrons. The van der Waals surface area contributed by atoms with E-state index in [1.807, 2.05) is 0 Å². The maximum atomic E-state index is 11.9. The number of amides is 1. The largest absolute Gasteiger partial charge is 0.397 e. The van der Waals surface area contributed by atoms with Gasteiger partial charge in [-0.05, 0) is 31.6 Å². The molecule has 4 nitrogen and oxygen atoms in total. The number of anilines is 2. The molecule has 1 atom stereocenters. The Labute approximate surface area is 118 Å². The zero-order valence-corrected chi connectivity index (χ0v) is 12.9. The summed E-state index contributed by atoms with van der Waals surface area (Å²) in [6, 6.07) is 0.369. The van der Waals surface area contributed by atoms with Crippen LogP contribution in [0.5, 0.6) is 0 Å². The highest BCUT2D eigenvalue weighted by atomic mass is 32.1. The number of nitrogens with one attached hydrogen (secondary N) is 2. The fraction of sp³-hybridized carbons (Fsp3) is 0.643. The third-order valence-corrected chi connectivity index (χ3v) is 4.91. The lowest BCUT2D eigenvalue weighted by Crippen LogP contribution is -2.21. The van der Waals surface area contributed by atoms with Gasteiger partial charge in [0.15, 0.2) is 0 Å². The predicted molar refractivity (Wildman–Crippen MR) is 82.0 cm³/mol. The number of rotatable bonds is 5. The molecule has 1 heterocycles. The molecule has 1 amide bonds. The van der Waals surface area contributed by atoms with E-state index in [-0.39, 0.29) is 5.91 Å². The average Bonchev–Trinajstić information content (AvgIpc) is 3.14. The van der Waals surface area contributed by atoms with Gasteiger partial charge in [0.2, 0.25) is 0 Å². The number of nitrogen functional groups attached to an aromatic ring is 1. The summed E-state index contributed by atoms with van der Waals surface area (Å²) >= 11 is 1.48. The Kier molecular flexibility index (Phi) is 4.04. The Bertz CT molecular complexity index is 477. The van der Waals surface area contributed by atoms with E-state index in [0.29, 0.717) is 28.4 Å². The van der Waals surface area contributed by atoms with Gasteiger partial charge in [-0.2, -0.15) is 0 Å². The minimum absolute atomic E-state index is 0.0883. The van der Waals surface area contributed by atoms with Crippen molar-refractivity contribution in [2.45, 2.75) is 45.6 Å². The van der Waals surface area contributed by atoms with Crippen molar-refractivity contribution in [3.05, 3.63) is 10.4 Å². The fourth-order valence-corrected chi connectivity index (χ4v) is 3.25. The van der Waals surface area contributed by atoms with Crippen LogP contribution in [-0.2, 0) is 0 Å². The smallest absolute Gasteiger partial charge is 0.263 e. The molecule has 4 N–H and O–H groups in total. The first-order valence-electron chi connectivity index (χ1n) is 6.86. The van der Waals surface area contributed by atoms with Crippen molar-refractivity contribution in [2.24, 2.45) is 5.92 Å². The van der Waals surface area contributed by atoms with E-state index in [1.54, 1.807) is 7.05 Å². The van der Waals surface area contributed by atoms with E-state index >= 15 is 0 Å². The van der Waals surface area contributed by atoms with Crippen LogP contribution >= 0.6 is 11.3 Å². The Balaban J connectivity index is 2.33. The van der Waals surface area contributed by atoms with Crippen LogP contribution in [0.2, 0.25) is 0 Å². The van der Waals surface area contributed by atoms with E-state index in [0.717, 1.165) is 10.6 Å². The van der Waals surface area contributed by atoms with Gasteiger partial charge in [0, 0.05) is 18.7 Å². The van der Waals surface area contributed by atoms with Crippen molar-refractivity contribution in [1.29, 1.82) is 0 Å². The van der Waals surface area contributed by atoms with Crippen molar-refractivity contribution < 1.29 is 4.79 Å². The van der Waals surface area contributed by atoms with Gasteiger partial charge >= 0.3 is 0 Å². The number of hydrogen-bond donors (Lipinski definition) is 3. The molecule has 0 aliphatic heterocycles. The second-order valence-electron chi connectivity index (χ2n) is 5.62.